The molecule has 0 radical (unpaired) electrons. The van der Waals surface area contributed by atoms with E-state index in [4.69, 9.17) is 4.42 Å². The van der Waals surface area contributed by atoms with Crippen molar-refractivity contribution < 1.29 is 4.42 Å². The summed E-state index contributed by atoms with van der Waals surface area (Å²) in [5, 5.41) is 6.89. The van der Waals surface area contributed by atoms with E-state index in [1.807, 2.05) is 6.20 Å². The predicted molar refractivity (Wildman–Crippen MR) is 175 cm³/mol. The molecule has 0 fully saturated rings. The molecule has 1 aliphatic rings. The number of hydrogen-bond acceptors (Lipinski definition) is 3. The van der Waals surface area contributed by atoms with Crippen LogP contribution in [-0.2, 0) is 6.54 Å². The van der Waals surface area contributed by atoms with Gasteiger partial charge in [-0.2, -0.15) is 0 Å². The van der Waals surface area contributed by atoms with Gasteiger partial charge in [0.2, 0.25) is 0 Å². The first-order chi connectivity index (χ1) is 20.8. The lowest BCUT2D eigenvalue weighted by molar-refractivity contribution is 0.532. The zero-order valence-electron chi connectivity index (χ0n) is 23.0. The molecule has 2 heterocycles. The first kappa shape index (κ1) is 24.3. The highest BCUT2D eigenvalue weighted by molar-refractivity contribution is 5.93. The molecule has 0 spiro atoms. The first-order valence-electron chi connectivity index (χ1n) is 14.3. The summed E-state index contributed by atoms with van der Waals surface area (Å²) >= 11 is 0. The third-order valence-electron chi connectivity index (χ3n) is 8.12. The van der Waals surface area contributed by atoms with Gasteiger partial charge in [0.1, 0.15) is 11.3 Å². The highest BCUT2D eigenvalue weighted by Crippen LogP contribution is 2.40. The molecule has 1 N–H and O–H groups in total. The van der Waals surface area contributed by atoms with E-state index in [1.54, 1.807) is 0 Å². The Balaban J connectivity index is 1.21. The number of benzene rings is 6. The molecule has 3 nitrogen and oxygen atoms in total. The van der Waals surface area contributed by atoms with Crippen LogP contribution in [0.1, 0.15) is 11.3 Å². The Morgan fingerprint density at radius 1 is 0.524 bits per heavy atom. The number of nitrogens with zero attached hydrogens (tertiary/aromatic N) is 1. The third-order valence-corrected chi connectivity index (χ3v) is 8.12. The minimum atomic E-state index is 0.705. The van der Waals surface area contributed by atoms with Crippen molar-refractivity contribution in [1.82, 2.24) is 5.32 Å². The minimum absolute atomic E-state index is 0.705. The van der Waals surface area contributed by atoms with Gasteiger partial charge in [-0.05, 0) is 87.8 Å². The summed E-state index contributed by atoms with van der Waals surface area (Å²) in [4.78, 5) is 2.30. The maximum atomic E-state index is 6.30. The maximum Gasteiger partial charge on any atom is 0.137 e. The van der Waals surface area contributed by atoms with Crippen LogP contribution in [0.2, 0.25) is 0 Å². The Morgan fingerprint density at radius 2 is 1.14 bits per heavy atom. The third kappa shape index (κ3) is 4.32. The van der Waals surface area contributed by atoms with Crippen LogP contribution in [-0.4, -0.2) is 0 Å². The summed E-state index contributed by atoms with van der Waals surface area (Å²) in [5.41, 5.74) is 10.1. The van der Waals surface area contributed by atoms with Crippen molar-refractivity contribution in [3.8, 4) is 22.3 Å². The number of anilines is 3. The fourth-order valence-electron chi connectivity index (χ4n) is 5.96. The van der Waals surface area contributed by atoms with Crippen molar-refractivity contribution in [2.24, 2.45) is 0 Å². The van der Waals surface area contributed by atoms with Gasteiger partial charge in [-0.15, -0.1) is 0 Å². The Morgan fingerprint density at radius 3 is 1.90 bits per heavy atom. The molecule has 0 aliphatic carbocycles. The normalized spacial score (nSPS) is 12.3. The fourth-order valence-corrected chi connectivity index (χ4v) is 5.96. The van der Waals surface area contributed by atoms with Crippen LogP contribution in [0.5, 0.6) is 0 Å². The van der Waals surface area contributed by atoms with Crippen molar-refractivity contribution in [2.75, 3.05) is 4.90 Å². The Bertz CT molecular complexity index is 2070. The molecule has 42 heavy (non-hydrogen) atoms. The molecule has 7 aromatic rings. The van der Waals surface area contributed by atoms with Gasteiger partial charge in [0.15, 0.2) is 0 Å². The number of nitrogens with one attached hydrogen (secondary N) is 1. The van der Waals surface area contributed by atoms with Crippen molar-refractivity contribution >= 4 is 44.9 Å². The number of fused-ring (bicyclic) bond motifs is 4. The average molecular weight is 541 g/mol. The van der Waals surface area contributed by atoms with Gasteiger partial charge < -0.3 is 14.6 Å². The minimum Gasteiger partial charge on any atom is -0.458 e. The zero-order valence-corrected chi connectivity index (χ0v) is 23.0. The van der Waals surface area contributed by atoms with Gasteiger partial charge >= 0.3 is 0 Å². The van der Waals surface area contributed by atoms with Gasteiger partial charge in [-0.25, -0.2) is 0 Å². The van der Waals surface area contributed by atoms with Crippen LogP contribution < -0.4 is 10.2 Å². The van der Waals surface area contributed by atoms with Crippen LogP contribution in [0.4, 0.5) is 17.1 Å². The molecule has 0 saturated heterocycles. The summed E-state index contributed by atoms with van der Waals surface area (Å²) in [7, 11) is 0. The number of hydrogen-bond donors (Lipinski definition) is 1. The molecule has 0 amide bonds. The second-order valence-electron chi connectivity index (χ2n) is 10.7. The zero-order chi connectivity index (χ0) is 27.9. The molecule has 0 atom stereocenters. The standard InChI is InChI=1S/C39H28N2O/c1-2-6-27(7-3-1)29-12-16-33(17-13-29)41(35-20-21-36-37-22-23-40-26-39(37)42-38(36)25-35)34-18-14-30(15-19-34)32-11-10-28-8-4-5-9-31(28)24-32/h1-25,40H,26H2. The van der Waals surface area contributed by atoms with Crippen molar-refractivity contribution in [3.05, 3.63) is 157 Å². The Hall–Kier alpha value is -5.54. The molecule has 8 rings (SSSR count). The summed E-state index contributed by atoms with van der Waals surface area (Å²) in [6.45, 7) is 0.705. The Kier molecular flexibility index (Phi) is 5.86. The second-order valence-corrected chi connectivity index (χ2v) is 10.7. The second kappa shape index (κ2) is 10.1. The highest BCUT2D eigenvalue weighted by atomic mass is 16.3. The van der Waals surface area contributed by atoms with Crippen LogP contribution >= 0.6 is 0 Å². The van der Waals surface area contributed by atoms with E-state index in [2.05, 4.69) is 156 Å². The van der Waals surface area contributed by atoms with Crippen molar-refractivity contribution in [2.45, 2.75) is 6.54 Å². The lowest BCUT2D eigenvalue weighted by Gasteiger charge is -2.26. The highest BCUT2D eigenvalue weighted by Gasteiger charge is 2.18. The SMILES string of the molecule is C1=Cc2c(oc3cc(N(c4ccc(-c5ccccc5)cc4)c4ccc(-c5ccc6ccccc6c5)cc4)ccc23)CN1. The van der Waals surface area contributed by atoms with Crippen LogP contribution in [0.15, 0.2) is 150 Å². The van der Waals surface area contributed by atoms with E-state index < -0.39 is 0 Å². The van der Waals surface area contributed by atoms with Crippen LogP contribution in [0, 0.1) is 0 Å². The molecule has 200 valence electrons. The molecular weight excluding hydrogens is 512 g/mol. The smallest absolute Gasteiger partial charge is 0.137 e. The molecule has 3 heteroatoms. The van der Waals surface area contributed by atoms with Gasteiger partial charge in [0.25, 0.3) is 0 Å². The topological polar surface area (TPSA) is 28.4 Å². The largest absolute Gasteiger partial charge is 0.458 e. The molecule has 0 unspecified atom stereocenters. The molecule has 1 aromatic heterocycles. The lowest BCUT2D eigenvalue weighted by atomic mass is 10.0. The van der Waals surface area contributed by atoms with Gasteiger partial charge in [-0.3, -0.25) is 0 Å². The molecular formula is C39H28N2O. The van der Waals surface area contributed by atoms with E-state index in [9.17, 15) is 0 Å². The van der Waals surface area contributed by atoms with E-state index in [0.29, 0.717) is 6.54 Å². The molecule has 6 aromatic carbocycles. The van der Waals surface area contributed by atoms with E-state index in [0.717, 1.165) is 39.4 Å². The molecule has 0 bridgehead atoms. The molecule has 1 aliphatic heterocycles. The van der Waals surface area contributed by atoms with Gasteiger partial charge in [0, 0.05) is 34.1 Å². The van der Waals surface area contributed by atoms with Gasteiger partial charge in [0.05, 0.1) is 6.54 Å². The quantitative estimate of drug-likeness (QED) is 0.235. The first-order valence-corrected chi connectivity index (χ1v) is 14.3. The lowest BCUT2D eigenvalue weighted by Crippen LogP contribution is -2.09. The number of furan rings is 1. The maximum absolute atomic E-state index is 6.30. The number of rotatable bonds is 5. The Labute approximate surface area is 245 Å². The average Bonchev–Trinajstić information content (AvgIpc) is 3.44. The van der Waals surface area contributed by atoms with Crippen LogP contribution in [0.25, 0.3) is 50.1 Å². The van der Waals surface area contributed by atoms with Crippen molar-refractivity contribution in [3.63, 3.8) is 0 Å². The van der Waals surface area contributed by atoms with E-state index >= 15 is 0 Å². The molecule has 0 saturated carbocycles. The monoisotopic (exact) mass is 540 g/mol. The summed E-state index contributed by atoms with van der Waals surface area (Å²) < 4.78 is 6.30. The fraction of sp³-hybridized carbons (Fsp3) is 0.0256. The van der Waals surface area contributed by atoms with Crippen molar-refractivity contribution in [1.29, 1.82) is 0 Å². The van der Waals surface area contributed by atoms with Gasteiger partial charge in [-0.1, -0.05) is 91.0 Å². The summed E-state index contributed by atoms with van der Waals surface area (Å²) in [5.74, 6) is 0.975. The van der Waals surface area contributed by atoms with E-state index in [1.165, 1.54) is 33.0 Å². The summed E-state index contributed by atoms with van der Waals surface area (Å²) in [6.07, 6.45) is 4.08. The van der Waals surface area contributed by atoms with Crippen LogP contribution in [0.3, 0.4) is 0 Å². The van der Waals surface area contributed by atoms with E-state index in [-0.39, 0.29) is 0 Å². The predicted octanol–water partition coefficient (Wildman–Crippen LogP) is 10.5. The summed E-state index contributed by atoms with van der Waals surface area (Å²) in [6, 6.07) is 49.8.